The van der Waals surface area contributed by atoms with Crippen LogP contribution in [-0.4, -0.2) is 65.6 Å². The molecule has 2 saturated heterocycles. The van der Waals surface area contributed by atoms with Gasteiger partial charge in [0.25, 0.3) is 11.8 Å². The first-order valence-corrected chi connectivity index (χ1v) is 11.0. The van der Waals surface area contributed by atoms with Gasteiger partial charge >= 0.3 is 0 Å². The van der Waals surface area contributed by atoms with Crippen LogP contribution < -0.4 is 0 Å². The molecule has 1 atom stereocenters. The molecule has 6 heteroatoms. The minimum atomic E-state index is -0.312. The Hall–Kier alpha value is -2.08. The highest BCUT2D eigenvalue weighted by molar-refractivity contribution is 5.95. The highest BCUT2D eigenvalue weighted by atomic mass is 16.5. The summed E-state index contributed by atoms with van der Waals surface area (Å²) in [5.41, 5.74) is 1.59. The van der Waals surface area contributed by atoms with Crippen molar-refractivity contribution in [3.05, 3.63) is 28.8 Å². The van der Waals surface area contributed by atoms with Crippen molar-refractivity contribution >= 4 is 11.8 Å². The summed E-state index contributed by atoms with van der Waals surface area (Å²) >= 11 is 0. The lowest BCUT2D eigenvalue weighted by atomic mass is 9.78. The van der Waals surface area contributed by atoms with Crippen molar-refractivity contribution < 1.29 is 19.4 Å². The topological polar surface area (TPSA) is 70.1 Å². The fourth-order valence-corrected chi connectivity index (χ4v) is 4.19. The summed E-state index contributed by atoms with van der Waals surface area (Å²) in [7, 11) is 0. The minimum absolute atomic E-state index is 0.0461. The lowest BCUT2D eigenvalue weighted by molar-refractivity contribution is -0.142. The number of amides is 2. The first kappa shape index (κ1) is 22.6. The van der Waals surface area contributed by atoms with Gasteiger partial charge in [0, 0.05) is 49.5 Å². The molecule has 0 radical (unpaired) electrons. The van der Waals surface area contributed by atoms with Gasteiger partial charge in [-0.1, -0.05) is 41.5 Å². The molecular weight excluding hydrogens is 380 g/mol. The SMILES string of the molecule is CC(C)(C)c1cc(C(=O)N2CCN(C(=O)C3CCCO3)CC2)cc(C(C)(C)C)c1O. The number of phenolic OH excluding ortho intramolecular Hbond substituents is 1. The van der Waals surface area contributed by atoms with Crippen molar-refractivity contribution in [3.8, 4) is 5.75 Å². The minimum Gasteiger partial charge on any atom is -0.507 e. The molecule has 0 spiro atoms. The molecule has 0 bridgehead atoms. The second-order valence-electron chi connectivity index (χ2n) is 10.5. The fourth-order valence-electron chi connectivity index (χ4n) is 4.19. The van der Waals surface area contributed by atoms with Crippen LogP contribution in [0.1, 0.15) is 75.9 Å². The Labute approximate surface area is 180 Å². The van der Waals surface area contributed by atoms with Crippen LogP contribution in [0, 0.1) is 0 Å². The molecule has 2 aliphatic rings. The third-order valence-corrected chi connectivity index (χ3v) is 6.06. The average Bonchev–Trinajstić information content (AvgIpc) is 3.20. The van der Waals surface area contributed by atoms with Crippen molar-refractivity contribution in [1.82, 2.24) is 9.80 Å². The van der Waals surface area contributed by atoms with E-state index in [0.717, 1.165) is 24.0 Å². The van der Waals surface area contributed by atoms with E-state index < -0.39 is 0 Å². The number of benzene rings is 1. The van der Waals surface area contributed by atoms with Gasteiger partial charge in [-0.25, -0.2) is 0 Å². The Morgan fingerprint density at radius 3 is 1.87 bits per heavy atom. The van der Waals surface area contributed by atoms with Gasteiger partial charge in [0.05, 0.1) is 0 Å². The fraction of sp³-hybridized carbons (Fsp3) is 0.667. The zero-order valence-electron chi connectivity index (χ0n) is 19.2. The summed E-state index contributed by atoms with van der Waals surface area (Å²) in [5.74, 6) is 0.281. The first-order valence-electron chi connectivity index (χ1n) is 11.0. The van der Waals surface area contributed by atoms with E-state index in [1.165, 1.54) is 0 Å². The van der Waals surface area contributed by atoms with Gasteiger partial charge in [0.1, 0.15) is 11.9 Å². The number of aromatic hydroxyl groups is 1. The van der Waals surface area contributed by atoms with Gasteiger partial charge in [-0.2, -0.15) is 0 Å². The van der Waals surface area contributed by atoms with Gasteiger partial charge in [-0.15, -0.1) is 0 Å². The average molecular weight is 417 g/mol. The maximum Gasteiger partial charge on any atom is 0.253 e. The highest BCUT2D eigenvalue weighted by Crippen LogP contribution is 2.40. The third-order valence-electron chi connectivity index (χ3n) is 6.06. The molecule has 0 aromatic heterocycles. The standard InChI is InChI=1S/C24H36N2O4/c1-23(2,3)17-14-16(15-18(20(17)27)24(4,5)6)21(28)25-9-11-26(12-10-25)22(29)19-8-7-13-30-19/h14-15,19,27H,7-13H2,1-6H3. The Balaban J connectivity index is 1.79. The van der Waals surface area contributed by atoms with E-state index in [1.807, 2.05) is 63.5 Å². The Bertz CT molecular complexity index is 770. The number of rotatable bonds is 2. The third kappa shape index (κ3) is 4.64. The van der Waals surface area contributed by atoms with E-state index in [4.69, 9.17) is 4.74 Å². The molecule has 2 fully saturated rings. The van der Waals surface area contributed by atoms with E-state index in [0.29, 0.717) is 38.3 Å². The maximum atomic E-state index is 13.3. The summed E-state index contributed by atoms with van der Waals surface area (Å²) in [6.07, 6.45) is 1.41. The van der Waals surface area contributed by atoms with Crippen LogP contribution in [0.2, 0.25) is 0 Å². The maximum absolute atomic E-state index is 13.3. The zero-order chi connectivity index (χ0) is 22.3. The summed E-state index contributed by atoms with van der Waals surface area (Å²) in [6.45, 7) is 15.0. The molecule has 1 N–H and O–H groups in total. The lowest BCUT2D eigenvalue weighted by Gasteiger charge is -2.36. The van der Waals surface area contributed by atoms with Crippen molar-refractivity contribution in [2.24, 2.45) is 0 Å². The van der Waals surface area contributed by atoms with Crippen LogP contribution >= 0.6 is 0 Å². The molecule has 2 amide bonds. The second kappa shape index (κ2) is 8.22. The van der Waals surface area contributed by atoms with Crippen LogP contribution in [0.4, 0.5) is 0 Å². The number of nitrogens with zero attached hydrogens (tertiary/aromatic N) is 2. The molecule has 1 aromatic carbocycles. The van der Waals surface area contributed by atoms with E-state index in [2.05, 4.69) is 0 Å². The Morgan fingerprint density at radius 1 is 0.933 bits per heavy atom. The molecule has 2 heterocycles. The molecule has 0 aliphatic carbocycles. The van der Waals surface area contributed by atoms with E-state index in [-0.39, 0.29) is 34.5 Å². The number of ether oxygens (including phenoxy) is 1. The molecule has 6 nitrogen and oxygen atoms in total. The van der Waals surface area contributed by atoms with Gasteiger partial charge in [0.15, 0.2) is 0 Å². The van der Waals surface area contributed by atoms with Crippen LogP contribution in [0.15, 0.2) is 12.1 Å². The molecule has 3 rings (SSSR count). The second-order valence-corrected chi connectivity index (χ2v) is 10.5. The van der Waals surface area contributed by atoms with Crippen molar-refractivity contribution in [2.75, 3.05) is 32.8 Å². The van der Waals surface area contributed by atoms with E-state index >= 15 is 0 Å². The van der Waals surface area contributed by atoms with Crippen molar-refractivity contribution in [2.45, 2.75) is 71.3 Å². The molecular formula is C24H36N2O4. The number of hydrogen-bond acceptors (Lipinski definition) is 4. The molecule has 2 aliphatic heterocycles. The predicted molar refractivity (Wildman–Crippen MR) is 117 cm³/mol. The van der Waals surface area contributed by atoms with Gasteiger partial charge < -0.3 is 19.6 Å². The van der Waals surface area contributed by atoms with Crippen LogP contribution in [0.25, 0.3) is 0 Å². The molecule has 30 heavy (non-hydrogen) atoms. The number of hydrogen-bond donors (Lipinski definition) is 1. The molecule has 1 unspecified atom stereocenters. The first-order chi connectivity index (χ1) is 13.9. The summed E-state index contributed by atoms with van der Waals surface area (Å²) in [4.78, 5) is 29.5. The monoisotopic (exact) mass is 416 g/mol. The highest BCUT2D eigenvalue weighted by Gasteiger charge is 2.33. The smallest absolute Gasteiger partial charge is 0.253 e. The largest absolute Gasteiger partial charge is 0.507 e. The number of piperazine rings is 1. The Kier molecular flexibility index (Phi) is 6.19. The van der Waals surface area contributed by atoms with Crippen molar-refractivity contribution in [3.63, 3.8) is 0 Å². The van der Waals surface area contributed by atoms with E-state index in [1.54, 1.807) is 0 Å². The summed E-state index contributed by atoms with van der Waals surface area (Å²) in [6, 6.07) is 3.66. The number of carbonyl (C=O) groups excluding carboxylic acids is 2. The Morgan fingerprint density at radius 2 is 1.43 bits per heavy atom. The molecule has 1 aromatic rings. The number of phenols is 1. The summed E-state index contributed by atoms with van der Waals surface area (Å²) in [5, 5.41) is 10.9. The van der Waals surface area contributed by atoms with Crippen molar-refractivity contribution in [1.29, 1.82) is 0 Å². The van der Waals surface area contributed by atoms with Gasteiger partial charge in [0.2, 0.25) is 0 Å². The predicted octanol–water partition coefficient (Wildman–Crippen LogP) is 3.45. The van der Waals surface area contributed by atoms with Gasteiger partial charge in [-0.3, -0.25) is 9.59 Å². The molecule has 166 valence electrons. The van der Waals surface area contributed by atoms with Crippen LogP contribution in [-0.2, 0) is 20.4 Å². The van der Waals surface area contributed by atoms with E-state index in [9.17, 15) is 14.7 Å². The quantitative estimate of drug-likeness (QED) is 0.802. The van der Waals surface area contributed by atoms with Crippen LogP contribution in [0.5, 0.6) is 5.75 Å². The molecule has 0 saturated carbocycles. The number of carbonyl (C=O) groups is 2. The van der Waals surface area contributed by atoms with Crippen LogP contribution in [0.3, 0.4) is 0 Å². The summed E-state index contributed by atoms with van der Waals surface area (Å²) < 4.78 is 5.52. The normalized spacial score (nSPS) is 20.5. The van der Waals surface area contributed by atoms with Gasteiger partial charge in [-0.05, 0) is 35.8 Å². The lowest BCUT2D eigenvalue weighted by Crippen LogP contribution is -2.52. The zero-order valence-corrected chi connectivity index (χ0v) is 19.2.